The third-order valence-electron chi connectivity index (χ3n) is 3.50. The van der Waals surface area contributed by atoms with Crippen molar-refractivity contribution in [2.45, 2.75) is 45.6 Å². The number of halogens is 1. The highest BCUT2D eigenvalue weighted by molar-refractivity contribution is 9.10. The van der Waals surface area contributed by atoms with Gasteiger partial charge in [0.15, 0.2) is 0 Å². The number of carbonyl (C=O) groups excluding carboxylic acids is 1. The average Bonchev–Trinajstić information content (AvgIpc) is 2.36. The predicted molar refractivity (Wildman–Crippen MR) is 75.2 cm³/mol. The SMILES string of the molecule is CCC(CC)(CC)NC(=O)c1cccc(Br)c1. The third-order valence-corrected chi connectivity index (χ3v) is 3.99. The standard InChI is InChI=1S/C14H20BrNO/c1-4-14(5-2,6-3)16-13(17)11-8-7-9-12(15)10-11/h7-10H,4-6H2,1-3H3,(H,16,17). The van der Waals surface area contributed by atoms with E-state index in [1.165, 1.54) is 0 Å². The molecule has 1 aromatic rings. The quantitative estimate of drug-likeness (QED) is 0.869. The molecule has 0 saturated heterocycles. The maximum absolute atomic E-state index is 12.2. The number of benzene rings is 1. The summed E-state index contributed by atoms with van der Waals surface area (Å²) < 4.78 is 0.931. The summed E-state index contributed by atoms with van der Waals surface area (Å²) in [7, 11) is 0. The summed E-state index contributed by atoms with van der Waals surface area (Å²) in [4.78, 5) is 12.2. The first-order valence-corrected chi connectivity index (χ1v) is 6.94. The first kappa shape index (κ1) is 14.2. The van der Waals surface area contributed by atoms with E-state index in [4.69, 9.17) is 0 Å². The Morgan fingerprint density at radius 3 is 2.29 bits per heavy atom. The van der Waals surface area contributed by atoms with Crippen LogP contribution >= 0.6 is 15.9 Å². The van der Waals surface area contributed by atoms with E-state index in [9.17, 15) is 4.79 Å². The smallest absolute Gasteiger partial charge is 0.251 e. The number of rotatable bonds is 5. The van der Waals surface area contributed by atoms with E-state index in [1.54, 1.807) is 0 Å². The maximum atomic E-state index is 12.2. The van der Waals surface area contributed by atoms with Crippen molar-refractivity contribution in [2.75, 3.05) is 0 Å². The molecule has 0 aliphatic carbocycles. The fraction of sp³-hybridized carbons (Fsp3) is 0.500. The van der Waals surface area contributed by atoms with E-state index in [2.05, 4.69) is 42.0 Å². The van der Waals surface area contributed by atoms with E-state index in [1.807, 2.05) is 24.3 Å². The number of carbonyl (C=O) groups is 1. The lowest BCUT2D eigenvalue weighted by atomic mass is 9.89. The topological polar surface area (TPSA) is 29.1 Å². The Balaban J connectivity index is 2.84. The zero-order chi connectivity index (χ0) is 12.9. The van der Waals surface area contributed by atoms with Crippen molar-refractivity contribution < 1.29 is 4.79 Å². The van der Waals surface area contributed by atoms with Crippen LogP contribution in [0.5, 0.6) is 0 Å². The number of hydrogen-bond donors (Lipinski definition) is 1. The highest BCUT2D eigenvalue weighted by Gasteiger charge is 2.26. The molecule has 1 N–H and O–H groups in total. The third kappa shape index (κ3) is 3.56. The van der Waals surface area contributed by atoms with Crippen molar-refractivity contribution in [3.05, 3.63) is 34.3 Å². The molecule has 0 aromatic heterocycles. The van der Waals surface area contributed by atoms with Crippen molar-refractivity contribution in [1.82, 2.24) is 5.32 Å². The average molecular weight is 298 g/mol. The summed E-state index contributed by atoms with van der Waals surface area (Å²) in [5, 5.41) is 3.16. The summed E-state index contributed by atoms with van der Waals surface area (Å²) in [6.45, 7) is 6.36. The minimum Gasteiger partial charge on any atom is -0.347 e. The van der Waals surface area contributed by atoms with Crippen LogP contribution in [0.25, 0.3) is 0 Å². The molecule has 0 atom stereocenters. The first-order chi connectivity index (χ1) is 8.06. The van der Waals surface area contributed by atoms with Gasteiger partial charge in [0.2, 0.25) is 0 Å². The Labute approximate surface area is 112 Å². The second-order valence-corrected chi connectivity index (χ2v) is 5.22. The summed E-state index contributed by atoms with van der Waals surface area (Å²) in [5.41, 5.74) is 0.637. The van der Waals surface area contributed by atoms with Gasteiger partial charge in [-0.05, 0) is 37.5 Å². The zero-order valence-electron chi connectivity index (χ0n) is 10.7. The van der Waals surface area contributed by atoms with Crippen molar-refractivity contribution >= 4 is 21.8 Å². The number of nitrogens with one attached hydrogen (secondary N) is 1. The Morgan fingerprint density at radius 1 is 1.24 bits per heavy atom. The van der Waals surface area contributed by atoms with E-state index < -0.39 is 0 Å². The van der Waals surface area contributed by atoms with Crippen molar-refractivity contribution in [3.8, 4) is 0 Å². The summed E-state index contributed by atoms with van der Waals surface area (Å²) in [6.07, 6.45) is 2.87. The summed E-state index contributed by atoms with van der Waals surface area (Å²) in [5.74, 6) is 0.0110. The van der Waals surface area contributed by atoms with Crippen LogP contribution < -0.4 is 5.32 Å². The van der Waals surface area contributed by atoms with E-state index in [0.29, 0.717) is 5.56 Å². The molecule has 17 heavy (non-hydrogen) atoms. The molecule has 1 aromatic carbocycles. The molecular formula is C14H20BrNO. The Bertz CT molecular complexity index is 377. The Hall–Kier alpha value is -0.830. The largest absolute Gasteiger partial charge is 0.347 e. The first-order valence-electron chi connectivity index (χ1n) is 6.15. The molecular weight excluding hydrogens is 278 g/mol. The molecule has 0 unspecified atom stereocenters. The molecule has 0 spiro atoms. The lowest BCUT2D eigenvalue weighted by Gasteiger charge is -2.31. The Morgan fingerprint density at radius 2 is 1.82 bits per heavy atom. The second-order valence-electron chi connectivity index (χ2n) is 4.31. The van der Waals surface area contributed by atoms with Gasteiger partial charge in [0.1, 0.15) is 0 Å². The van der Waals surface area contributed by atoms with Gasteiger partial charge in [-0.2, -0.15) is 0 Å². The molecule has 0 fully saturated rings. The highest BCUT2D eigenvalue weighted by atomic mass is 79.9. The minimum absolute atomic E-state index is 0.0110. The molecule has 0 saturated carbocycles. The summed E-state index contributed by atoms with van der Waals surface area (Å²) >= 11 is 3.38. The molecule has 3 heteroatoms. The van der Waals surface area contributed by atoms with Gasteiger partial charge in [-0.15, -0.1) is 0 Å². The van der Waals surface area contributed by atoms with E-state index in [0.717, 1.165) is 23.7 Å². The van der Waals surface area contributed by atoms with Gasteiger partial charge in [-0.25, -0.2) is 0 Å². The van der Waals surface area contributed by atoms with Gasteiger partial charge in [-0.1, -0.05) is 42.8 Å². The second kappa shape index (κ2) is 6.20. The lowest BCUT2D eigenvalue weighted by Crippen LogP contribution is -2.47. The van der Waals surface area contributed by atoms with Crippen LogP contribution in [0.1, 0.15) is 50.4 Å². The molecule has 0 radical (unpaired) electrons. The lowest BCUT2D eigenvalue weighted by molar-refractivity contribution is 0.0888. The van der Waals surface area contributed by atoms with Gasteiger partial charge in [0.05, 0.1) is 0 Å². The molecule has 0 bridgehead atoms. The molecule has 2 nitrogen and oxygen atoms in total. The fourth-order valence-electron chi connectivity index (χ4n) is 1.96. The van der Waals surface area contributed by atoms with Gasteiger partial charge in [0, 0.05) is 15.6 Å². The van der Waals surface area contributed by atoms with Crippen LogP contribution in [0, 0.1) is 0 Å². The van der Waals surface area contributed by atoms with E-state index >= 15 is 0 Å². The van der Waals surface area contributed by atoms with Crippen LogP contribution in [0.2, 0.25) is 0 Å². The van der Waals surface area contributed by atoms with Gasteiger partial charge < -0.3 is 5.32 Å². The molecule has 1 amide bonds. The maximum Gasteiger partial charge on any atom is 0.251 e. The summed E-state index contributed by atoms with van der Waals surface area (Å²) in [6, 6.07) is 7.49. The molecule has 94 valence electrons. The van der Waals surface area contributed by atoms with Crippen molar-refractivity contribution in [1.29, 1.82) is 0 Å². The van der Waals surface area contributed by atoms with Crippen molar-refractivity contribution in [2.24, 2.45) is 0 Å². The monoisotopic (exact) mass is 297 g/mol. The van der Waals surface area contributed by atoms with Crippen LogP contribution in [0.3, 0.4) is 0 Å². The van der Waals surface area contributed by atoms with Gasteiger partial charge >= 0.3 is 0 Å². The zero-order valence-corrected chi connectivity index (χ0v) is 12.3. The highest BCUT2D eigenvalue weighted by Crippen LogP contribution is 2.20. The normalized spacial score (nSPS) is 11.3. The molecule has 0 aliphatic rings. The fourth-order valence-corrected chi connectivity index (χ4v) is 2.36. The van der Waals surface area contributed by atoms with Crippen LogP contribution in [0.15, 0.2) is 28.7 Å². The number of hydrogen-bond acceptors (Lipinski definition) is 1. The van der Waals surface area contributed by atoms with Crippen LogP contribution in [0.4, 0.5) is 0 Å². The van der Waals surface area contributed by atoms with Gasteiger partial charge in [0.25, 0.3) is 5.91 Å². The van der Waals surface area contributed by atoms with Crippen LogP contribution in [-0.2, 0) is 0 Å². The predicted octanol–water partition coefficient (Wildman–Crippen LogP) is 4.15. The molecule has 0 aliphatic heterocycles. The van der Waals surface area contributed by atoms with Gasteiger partial charge in [-0.3, -0.25) is 4.79 Å². The number of amides is 1. The minimum atomic E-state index is -0.0700. The van der Waals surface area contributed by atoms with Crippen molar-refractivity contribution in [3.63, 3.8) is 0 Å². The van der Waals surface area contributed by atoms with Crippen LogP contribution in [-0.4, -0.2) is 11.4 Å². The molecule has 1 rings (SSSR count). The Kier molecular flexibility index (Phi) is 5.19. The molecule has 0 heterocycles. The van der Waals surface area contributed by atoms with E-state index in [-0.39, 0.29) is 11.4 Å².